The van der Waals surface area contributed by atoms with Gasteiger partial charge in [0.15, 0.2) is 11.6 Å². The number of ether oxygens (including phenoxy) is 2. The van der Waals surface area contributed by atoms with E-state index in [-0.39, 0.29) is 6.61 Å². The minimum Gasteiger partial charge on any atom is -0.492 e. The van der Waals surface area contributed by atoms with Crippen molar-refractivity contribution in [3.63, 3.8) is 0 Å². The van der Waals surface area contributed by atoms with Crippen molar-refractivity contribution in [2.75, 3.05) is 29.6 Å². The van der Waals surface area contributed by atoms with Gasteiger partial charge in [-0.2, -0.15) is 0 Å². The summed E-state index contributed by atoms with van der Waals surface area (Å²) in [5.41, 5.74) is 8.25. The molecule has 150 valence electrons. The van der Waals surface area contributed by atoms with Crippen LogP contribution in [-0.4, -0.2) is 29.2 Å². The Morgan fingerprint density at radius 2 is 1.55 bits per heavy atom. The molecule has 8 heteroatoms. The Bertz CT molecular complexity index is 994. The SMILES string of the molecule is CCOC(=O)c1ccccc1Nc1ncnc(Nc2ccccc2OCC)c1N. The highest BCUT2D eigenvalue weighted by molar-refractivity contribution is 5.97. The van der Waals surface area contributed by atoms with Crippen LogP contribution in [0.15, 0.2) is 54.9 Å². The Morgan fingerprint density at radius 3 is 2.24 bits per heavy atom. The Morgan fingerprint density at radius 1 is 0.931 bits per heavy atom. The third-order valence-electron chi connectivity index (χ3n) is 4.00. The third-order valence-corrected chi connectivity index (χ3v) is 4.00. The Balaban J connectivity index is 1.88. The Labute approximate surface area is 169 Å². The number of carbonyl (C=O) groups excluding carboxylic acids is 1. The molecule has 0 unspecified atom stereocenters. The summed E-state index contributed by atoms with van der Waals surface area (Å²) < 4.78 is 10.7. The van der Waals surface area contributed by atoms with Crippen LogP contribution in [0, 0.1) is 0 Å². The first-order chi connectivity index (χ1) is 14.1. The zero-order valence-corrected chi connectivity index (χ0v) is 16.3. The molecule has 0 spiro atoms. The number of anilines is 5. The molecule has 0 fully saturated rings. The summed E-state index contributed by atoms with van der Waals surface area (Å²) in [5, 5.41) is 6.27. The van der Waals surface area contributed by atoms with Gasteiger partial charge in [0.05, 0.1) is 30.2 Å². The molecule has 4 N–H and O–H groups in total. The second-order valence-electron chi connectivity index (χ2n) is 5.93. The van der Waals surface area contributed by atoms with Crippen LogP contribution in [0.4, 0.5) is 28.7 Å². The molecule has 8 nitrogen and oxygen atoms in total. The standard InChI is InChI=1S/C21H23N5O3/c1-3-28-17-12-8-7-11-16(17)26-20-18(22)19(23-13-24-20)25-15-10-6-5-9-14(15)21(27)29-4-2/h5-13H,3-4,22H2,1-2H3,(H2,23,24,25,26). The summed E-state index contributed by atoms with van der Waals surface area (Å²) in [6, 6.07) is 14.5. The van der Waals surface area contributed by atoms with E-state index in [1.807, 2.05) is 31.2 Å². The van der Waals surface area contributed by atoms with E-state index >= 15 is 0 Å². The zero-order chi connectivity index (χ0) is 20.6. The highest BCUT2D eigenvalue weighted by Crippen LogP contribution is 2.32. The van der Waals surface area contributed by atoms with Crippen LogP contribution in [0.2, 0.25) is 0 Å². The van der Waals surface area contributed by atoms with Gasteiger partial charge in [0.1, 0.15) is 17.8 Å². The molecular weight excluding hydrogens is 370 g/mol. The van der Waals surface area contributed by atoms with Crippen molar-refractivity contribution >= 4 is 34.7 Å². The van der Waals surface area contributed by atoms with Gasteiger partial charge in [0.2, 0.25) is 0 Å². The molecule has 0 aliphatic carbocycles. The number of hydrogen-bond donors (Lipinski definition) is 3. The van der Waals surface area contributed by atoms with Gasteiger partial charge in [0, 0.05) is 0 Å². The van der Waals surface area contributed by atoms with Crippen molar-refractivity contribution < 1.29 is 14.3 Å². The lowest BCUT2D eigenvalue weighted by Gasteiger charge is -2.16. The number of rotatable bonds is 8. The number of nitrogen functional groups attached to an aromatic ring is 1. The lowest BCUT2D eigenvalue weighted by atomic mass is 10.2. The number of hydrogen-bond acceptors (Lipinski definition) is 8. The predicted octanol–water partition coefficient (Wildman–Crippen LogP) is 4.12. The number of aromatic nitrogens is 2. The van der Waals surface area contributed by atoms with Crippen LogP contribution in [0.3, 0.4) is 0 Å². The molecule has 0 atom stereocenters. The number of carbonyl (C=O) groups is 1. The van der Waals surface area contributed by atoms with E-state index in [1.165, 1.54) is 6.33 Å². The maximum absolute atomic E-state index is 12.2. The average Bonchev–Trinajstić information content (AvgIpc) is 2.73. The largest absolute Gasteiger partial charge is 0.492 e. The molecule has 1 aromatic heterocycles. The summed E-state index contributed by atoms with van der Waals surface area (Å²) in [5.74, 6) is 1.05. The molecule has 3 aromatic rings. The van der Waals surface area contributed by atoms with Crippen LogP contribution < -0.4 is 21.1 Å². The second-order valence-corrected chi connectivity index (χ2v) is 5.93. The molecule has 0 bridgehead atoms. The number of nitrogens with two attached hydrogens (primary N) is 1. The fourth-order valence-corrected chi connectivity index (χ4v) is 2.68. The van der Waals surface area contributed by atoms with Gasteiger partial charge >= 0.3 is 5.97 Å². The summed E-state index contributed by atoms with van der Waals surface area (Å²) in [4.78, 5) is 20.6. The highest BCUT2D eigenvalue weighted by atomic mass is 16.5. The maximum atomic E-state index is 12.2. The second kappa shape index (κ2) is 9.41. The molecule has 1 heterocycles. The minimum absolute atomic E-state index is 0.288. The molecule has 3 rings (SSSR count). The monoisotopic (exact) mass is 393 g/mol. The fraction of sp³-hybridized carbons (Fsp3) is 0.190. The van der Waals surface area contributed by atoms with Crippen molar-refractivity contribution in [3.05, 3.63) is 60.4 Å². The number of para-hydroxylation sites is 3. The van der Waals surface area contributed by atoms with E-state index in [9.17, 15) is 4.79 Å². The van der Waals surface area contributed by atoms with Crippen LogP contribution in [0.25, 0.3) is 0 Å². The molecule has 0 radical (unpaired) electrons. The first-order valence-electron chi connectivity index (χ1n) is 9.26. The van der Waals surface area contributed by atoms with Crippen LogP contribution in [0.1, 0.15) is 24.2 Å². The average molecular weight is 393 g/mol. The molecule has 0 amide bonds. The van der Waals surface area contributed by atoms with Crippen molar-refractivity contribution in [1.82, 2.24) is 9.97 Å². The highest BCUT2D eigenvalue weighted by Gasteiger charge is 2.15. The van der Waals surface area contributed by atoms with E-state index in [4.69, 9.17) is 15.2 Å². The Hall–Kier alpha value is -3.81. The number of esters is 1. The lowest BCUT2D eigenvalue weighted by molar-refractivity contribution is 0.0527. The number of benzene rings is 2. The van der Waals surface area contributed by atoms with Gasteiger partial charge < -0.3 is 25.8 Å². The van der Waals surface area contributed by atoms with Crippen LogP contribution in [0.5, 0.6) is 5.75 Å². The third kappa shape index (κ3) is 4.73. The van der Waals surface area contributed by atoms with Crippen LogP contribution >= 0.6 is 0 Å². The maximum Gasteiger partial charge on any atom is 0.340 e. The molecule has 0 saturated carbocycles. The van der Waals surface area contributed by atoms with E-state index < -0.39 is 5.97 Å². The lowest BCUT2D eigenvalue weighted by Crippen LogP contribution is -2.10. The van der Waals surface area contributed by atoms with E-state index in [1.54, 1.807) is 31.2 Å². The van der Waals surface area contributed by atoms with Crippen molar-refractivity contribution in [3.8, 4) is 5.75 Å². The molecule has 29 heavy (non-hydrogen) atoms. The Kier molecular flexibility index (Phi) is 6.47. The van der Waals surface area contributed by atoms with Gasteiger partial charge in [-0.25, -0.2) is 14.8 Å². The molecule has 0 aliphatic rings. The summed E-state index contributed by atoms with van der Waals surface area (Å²) in [7, 11) is 0. The van der Waals surface area contributed by atoms with Gasteiger partial charge in [-0.3, -0.25) is 0 Å². The van der Waals surface area contributed by atoms with Gasteiger partial charge in [0.25, 0.3) is 0 Å². The molecule has 0 aliphatic heterocycles. The normalized spacial score (nSPS) is 10.3. The van der Waals surface area contributed by atoms with Gasteiger partial charge in [-0.15, -0.1) is 0 Å². The van der Waals surface area contributed by atoms with Crippen molar-refractivity contribution in [2.45, 2.75) is 13.8 Å². The number of nitrogens with zero attached hydrogens (tertiary/aromatic N) is 2. The first kappa shape index (κ1) is 19.9. The van der Waals surface area contributed by atoms with E-state index in [0.29, 0.717) is 40.9 Å². The number of nitrogens with one attached hydrogen (secondary N) is 2. The molecule has 0 saturated heterocycles. The molecular formula is C21H23N5O3. The van der Waals surface area contributed by atoms with Crippen LogP contribution in [-0.2, 0) is 4.74 Å². The summed E-state index contributed by atoms with van der Waals surface area (Å²) in [6.07, 6.45) is 1.39. The predicted molar refractivity (Wildman–Crippen MR) is 113 cm³/mol. The zero-order valence-electron chi connectivity index (χ0n) is 16.3. The van der Waals surface area contributed by atoms with E-state index in [0.717, 1.165) is 5.69 Å². The first-order valence-corrected chi connectivity index (χ1v) is 9.26. The van der Waals surface area contributed by atoms with Crippen molar-refractivity contribution in [1.29, 1.82) is 0 Å². The van der Waals surface area contributed by atoms with Crippen molar-refractivity contribution in [2.24, 2.45) is 0 Å². The quantitative estimate of drug-likeness (QED) is 0.490. The summed E-state index contributed by atoms with van der Waals surface area (Å²) >= 11 is 0. The van der Waals surface area contributed by atoms with Gasteiger partial charge in [-0.05, 0) is 38.1 Å². The molecule has 2 aromatic carbocycles. The minimum atomic E-state index is -0.424. The summed E-state index contributed by atoms with van der Waals surface area (Å²) in [6.45, 7) is 4.50. The topological polar surface area (TPSA) is 111 Å². The fourth-order valence-electron chi connectivity index (χ4n) is 2.68. The van der Waals surface area contributed by atoms with Gasteiger partial charge in [-0.1, -0.05) is 24.3 Å². The smallest absolute Gasteiger partial charge is 0.340 e. The van der Waals surface area contributed by atoms with E-state index in [2.05, 4.69) is 20.6 Å².